The third-order valence-corrected chi connectivity index (χ3v) is 4.96. The van der Waals surface area contributed by atoms with Crippen molar-refractivity contribution in [3.8, 4) is 0 Å². The maximum Gasteiger partial charge on any atom is 0.339 e. The predicted molar refractivity (Wildman–Crippen MR) is 115 cm³/mol. The first-order valence-electron chi connectivity index (χ1n) is 8.38. The van der Waals surface area contributed by atoms with E-state index in [1.54, 1.807) is 60.7 Å². The van der Waals surface area contributed by atoms with Crippen LogP contribution in [0.5, 0.6) is 0 Å². The zero-order chi connectivity index (χ0) is 20.6. The average molecular weight is 427 g/mol. The summed E-state index contributed by atoms with van der Waals surface area (Å²) in [6, 6.07) is 20.2. The van der Waals surface area contributed by atoms with E-state index in [-0.39, 0.29) is 5.69 Å². The van der Waals surface area contributed by atoms with Gasteiger partial charge in [-0.3, -0.25) is 10.1 Å². The number of halogens is 1. The summed E-state index contributed by atoms with van der Waals surface area (Å²) in [5, 5.41) is 18.5. The molecule has 0 heterocycles. The number of rotatable bonds is 6. The molecular formula is C20H15ClN4O3S. The predicted octanol–water partition coefficient (Wildman–Crippen LogP) is 5.56. The number of para-hydroxylation sites is 1. The number of hydrogen-bond acceptors (Lipinski definition) is 5. The number of anilines is 1. The smallest absolute Gasteiger partial charge is 0.307 e. The Hall–Kier alpha value is -3.36. The van der Waals surface area contributed by atoms with E-state index in [2.05, 4.69) is 15.8 Å². The van der Waals surface area contributed by atoms with Crippen molar-refractivity contribution >= 4 is 47.0 Å². The zero-order valence-corrected chi connectivity index (χ0v) is 16.5. The van der Waals surface area contributed by atoms with Gasteiger partial charge >= 0.3 is 6.03 Å². The SMILES string of the molecule is O=C(N/N=C\c1ccc(Sc2ccc(Cl)cc2)c([N+](=O)[O-])c1)Nc1ccccc1. The molecule has 9 heteroatoms. The summed E-state index contributed by atoms with van der Waals surface area (Å²) in [4.78, 5) is 24.1. The van der Waals surface area contributed by atoms with E-state index in [1.807, 2.05) is 6.07 Å². The molecule has 0 saturated carbocycles. The van der Waals surface area contributed by atoms with Gasteiger partial charge in [-0.1, -0.05) is 47.6 Å². The molecule has 0 saturated heterocycles. The fourth-order valence-corrected chi connectivity index (χ4v) is 3.35. The molecule has 0 spiro atoms. The second-order valence-electron chi connectivity index (χ2n) is 5.73. The zero-order valence-electron chi connectivity index (χ0n) is 14.9. The van der Waals surface area contributed by atoms with Crippen LogP contribution >= 0.6 is 23.4 Å². The Morgan fingerprint density at radius 1 is 1.07 bits per heavy atom. The Kier molecular flexibility index (Phi) is 6.83. The van der Waals surface area contributed by atoms with Crippen molar-refractivity contribution in [1.82, 2.24) is 5.43 Å². The lowest BCUT2D eigenvalue weighted by Crippen LogP contribution is -2.24. The molecule has 7 nitrogen and oxygen atoms in total. The first-order valence-corrected chi connectivity index (χ1v) is 9.58. The van der Waals surface area contributed by atoms with Gasteiger partial charge in [0.2, 0.25) is 0 Å². The van der Waals surface area contributed by atoms with Crippen molar-refractivity contribution in [3.05, 3.63) is 93.5 Å². The van der Waals surface area contributed by atoms with Gasteiger partial charge in [0.05, 0.1) is 16.0 Å². The summed E-state index contributed by atoms with van der Waals surface area (Å²) >= 11 is 7.13. The fraction of sp³-hybridized carbons (Fsp3) is 0. The van der Waals surface area contributed by atoms with E-state index in [0.29, 0.717) is 21.2 Å². The monoisotopic (exact) mass is 426 g/mol. The molecule has 2 N–H and O–H groups in total. The van der Waals surface area contributed by atoms with E-state index in [9.17, 15) is 14.9 Å². The van der Waals surface area contributed by atoms with Crippen LogP contribution in [-0.2, 0) is 0 Å². The van der Waals surface area contributed by atoms with Gasteiger partial charge in [0.25, 0.3) is 5.69 Å². The number of nitrogens with zero attached hydrogens (tertiary/aromatic N) is 2. The van der Waals surface area contributed by atoms with E-state index >= 15 is 0 Å². The highest BCUT2D eigenvalue weighted by Crippen LogP contribution is 2.35. The van der Waals surface area contributed by atoms with E-state index < -0.39 is 11.0 Å². The lowest BCUT2D eigenvalue weighted by atomic mass is 10.2. The van der Waals surface area contributed by atoms with E-state index in [4.69, 9.17) is 11.6 Å². The fourth-order valence-electron chi connectivity index (χ4n) is 2.32. The summed E-state index contributed by atoms with van der Waals surface area (Å²) in [7, 11) is 0. The largest absolute Gasteiger partial charge is 0.339 e. The van der Waals surface area contributed by atoms with Crippen molar-refractivity contribution in [1.29, 1.82) is 0 Å². The standard InChI is InChI=1S/C20H15ClN4O3S/c21-15-7-9-17(10-8-15)29-19-11-6-14(12-18(19)25(27)28)13-22-24-20(26)23-16-4-2-1-3-5-16/h1-13H,(H2,23,24,26)/b22-13-. The van der Waals surface area contributed by atoms with Gasteiger partial charge in [-0.2, -0.15) is 5.10 Å². The summed E-state index contributed by atoms with van der Waals surface area (Å²) in [5.41, 5.74) is 3.37. The normalized spacial score (nSPS) is 10.7. The summed E-state index contributed by atoms with van der Waals surface area (Å²) in [6.07, 6.45) is 1.34. The minimum absolute atomic E-state index is 0.0531. The van der Waals surface area contributed by atoms with Crippen LogP contribution in [0.15, 0.2) is 87.7 Å². The number of benzene rings is 3. The molecule has 146 valence electrons. The van der Waals surface area contributed by atoms with Gasteiger partial charge in [-0.15, -0.1) is 0 Å². The van der Waals surface area contributed by atoms with Crippen LogP contribution in [0.25, 0.3) is 0 Å². The first-order chi connectivity index (χ1) is 14.0. The van der Waals surface area contributed by atoms with Crippen molar-refractivity contribution in [3.63, 3.8) is 0 Å². The van der Waals surface area contributed by atoms with Crippen molar-refractivity contribution < 1.29 is 9.72 Å². The molecule has 0 radical (unpaired) electrons. The minimum Gasteiger partial charge on any atom is -0.307 e. The molecule has 0 atom stereocenters. The molecule has 3 aromatic carbocycles. The number of urea groups is 1. The first kappa shape index (κ1) is 20.4. The third kappa shape index (κ3) is 6.06. The molecule has 29 heavy (non-hydrogen) atoms. The van der Waals surface area contributed by atoms with Gasteiger partial charge in [-0.25, -0.2) is 10.2 Å². The van der Waals surface area contributed by atoms with Crippen LogP contribution in [0.4, 0.5) is 16.2 Å². The number of hydrogen-bond donors (Lipinski definition) is 2. The Morgan fingerprint density at radius 2 is 1.79 bits per heavy atom. The third-order valence-electron chi connectivity index (χ3n) is 3.63. The minimum atomic E-state index is -0.517. The van der Waals surface area contributed by atoms with Gasteiger partial charge in [-0.05, 0) is 42.5 Å². The topological polar surface area (TPSA) is 96.6 Å². The van der Waals surface area contributed by atoms with Crippen LogP contribution in [-0.4, -0.2) is 17.2 Å². The lowest BCUT2D eigenvalue weighted by molar-refractivity contribution is -0.387. The number of carbonyl (C=O) groups is 1. The second kappa shape index (κ2) is 9.72. The summed E-state index contributed by atoms with van der Waals surface area (Å²) < 4.78 is 0. The average Bonchev–Trinajstić information content (AvgIpc) is 2.71. The molecule has 3 rings (SSSR count). The van der Waals surface area contributed by atoms with Crippen LogP contribution in [0, 0.1) is 10.1 Å². The van der Waals surface area contributed by atoms with E-state index in [1.165, 1.54) is 24.0 Å². The lowest BCUT2D eigenvalue weighted by Gasteiger charge is -2.05. The summed E-state index contributed by atoms with van der Waals surface area (Å²) in [5.74, 6) is 0. The second-order valence-corrected chi connectivity index (χ2v) is 7.28. The van der Waals surface area contributed by atoms with Crippen LogP contribution < -0.4 is 10.7 Å². The van der Waals surface area contributed by atoms with Crippen molar-refractivity contribution in [2.45, 2.75) is 9.79 Å². The maximum atomic E-state index is 11.8. The van der Waals surface area contributed by atoms with Crippen molar-refractivity contribution in [2.75, 3.05) is 5.32 Å². The van der Waals surface area contributed by atoms with Gasteiger partial charge in [0, 0.05) is 27.2 Å². The highest BCUT2D eigenvalue weighted by molar-refractivity contribution is 7.99. The van der Waals surface area contributed by atoms with Crippen molar-refractivity contribution in [2.24, 2.45) is 5.10 Å². The molecule has 0 unspecified atom stereocenters. The Morgan fingerprint density at radius 3 is 2.48 bits per heavy atom. The van der Waals surface area contributed by atoms with Crippen LogP contribution in [0.3, 0.4) is 0 Å². The molecule has 3 aromatic rings. The number of hydrazone groups is 1. The number of nitro groups is 1. The number of nitrogens with one attached hydrogen (secondary N) is 2. The van der Waals surface area contributed by atoms with E-state index in [0.717, 1.165) is 4.90 Å². The Labute approximate surface area is 175 Å². The Bertz CT molecular complexity index is 1040. The highest BCUT2D eigenvalue weighted by Gasteiger charge is 2.15. The Balaban J connectivity index is 1.67. The maximum absolute atomic E-state index is 11.8. The number of nitro benzene ring substituents is 1. The van der Waals surface area contributed by atoms with Crippen LogP contribution in [0.1, 0.15) is 5.56 Å². The molecule has 2 amide bonds. The molecule has 0 aromatic heterocycles. The molecule has 0 fully saturated rings. The van der Waals surface area contributed by atoms with Crippen LogP contribution in [0.2, 0.25) is 5.02 Å². The molecule has 0 bridgehead atoms. The quantitative estimate of drug-likeness (QED) is 0.306. The molecule has 0 aliphatic heterocycles. The number of amides is 2. The molecule has 0 aliphatic carbocycles. The van der Waals surface area contributed by atoms with Gasteiger partial charge in [0.1, 0.15) is 0 Å². The summed E-state index contributed by atoms with van der Waals surface area (Å²) in [6.45, 7) is 0. The van der Waals surface area contributed by atoms with Gasteiger partial charge in [0.15, 0.2) is 0 Å². The molecule has 0 aliphatic rings. The van der Waals surface area contributed by atoms with Gasteiger partial charge < -0.3 is 5.32 Å². The number of carbonyl (C=O) groups excluding carboxylic acids is 1. The highest BCUT2D eigenvalue weighted by atomic mass is 35.5. The molecular weight excluding hydrogens is 412 g/mol.